The monoisotopic (exact) mass is 337 g/mol. The zero-order chi connectivity index (χ0) is 17.5. The van der Waals surface area contributed by atoms with Crippen LogP contribution < -0.4 is 5.32 Å². The third kappa shape index (κ3) is 4.89. The topological polar surface area (TPSA) is 62.3 Å². The Bertz CT molecular complexity index is 703. The van der Waals surface area contributed by atoms with Crippen LogP contribution >= 0.6 is 0 Å². The van der Waals surface area contributed by atoms with E-state index >= 15 is 0 Å². The van der Waals surface area contributed by atoms with Crippen LogP contribution in [0.1, 0.15) is 24.0 Å². The van der Waals surface area contributed by atoms with Crippen LogP contribution in [0, 0.1) is 5.92 Å². The summed E-state index contributed by atoms with van der Waals surface area (Å²) in [6.07, 6.45) is 5.61. The summed E-state index contributed by atoms with van der Waals surface area (Å²) in [5.41, 5.74) is 2.24. The fraction of sp³-hybridized carbons (Fsp3) is 0.350. The normalized spacial score (nSPS) is 16.9. The van der Waals surface area contributed by atoms with Crippen molar-refractivity contribution in [2.24, 2.45) is 5.92 Å². The molecule has 1 N–H and O–H groups in total. The molecule has 0 saturated carbocycles. The Kier molecular flexibility index (Phi) is 5.77. The van der Waals surface area contributed by atoms with E-state index in [1.165, 1.54) is 5.56 Å². The molecule has 2 aromatic rings. The first-order valence-corrected chi connectivity index (χ1v) is 8.70. The van der Waals surface area contributed by atoms with Gasteiger partial charge in [0, 0.05) is 38.4 Å². The molecule has 0 spiro atoms. The molecule has 5 heteroatoms. The number of likely N-dealkylation sites (tertiary alicyclic amines) is 1. The fourth-order valence-corrected chi connectivity index (χ4v) is 3.12. The summed E-state index contributed by atoms with van der Waals surface area (Å²) in [4.78, 5) is 30.3. The van der Waals surface area contributed by atoms with E-state index in [0.717, 1.165) is 18.4 Å². The SMILES string of the molecule is O=C(NCc1cccnc1)C1CC(=O)N(CCCc2ccccc2)C1. The lowest BCUT2D eigenvalue weighted by atomic mass is 10.1. The summed E-state index contributed by atoms with van der Waals surface area (Å²) in [6, 6.07) is 14.0. The molecule has 0 aliphatic carbocycles. The van der Waals surface area contributed by atoms with Crippen LogP contribution in [0.2, 0.25) is 0 Å². The summed E-state index contributed by atoms with van der Waals surface area (Å²) in [5, 5.41) is 2.91. The van der Waals surface area contributed by atoms with Gasteiger partial charge in [0.1, 0.15) is 0 Å². The fourth-order valence-electron chi connectivity index (χ4n) is 3.12. The molecule has 1 aromatic heterocycles. The number of carbonyl (C=O) groups is 2. The summed E-state index contributed by atoms with van der Waals surface area (Å²) in [5.74, 6) is -0.224. The predicted octanol–water partition coefficient (Wildman–Crippen LogP) is 2.18. The molecule has 1 aliphatic heterocycles. The molecule has 0 bridgehead atoms. The Morgan fingerprint density at radius 3 is 2.72 bits per heavy atom. The van der Waals surface area contributed by atoms with E-state index in [4.69, 9.17) is 0 Å². The van der Waals surface area contributed by atoms with E-state index in [9.17, 15) is 9.59 Å². The van der Waals surface area contributed by atoms with E-state index in [-0.39, 0.29) is 17.7 Å². The molecule has 5 nitrogen and oxygen atoms in total. The molecule has 1 fully saturated rings. The number of nitrogens with zero attached hydrogens (tertiary/aromatic N) is 2. The zero-order valence-corrected chi connectivity index (χ0v) is 14.2. The van der Waals surface area contributed by atoms with Crippen molar-refractivity contribution in [3.8, 4) is 0 Å². The van der Waals surface area contributed by atoms with Gasteiger partial charge in [-0.05, 0) is 30.0 Å². The molecule has 1 aromatic carbocycles. The van der Waals surface area contributed by atoms with Gasteiger partial charge in [-0.15, -0.1) is 0 Å². The number of rotatable bonds is 7. The Morgan fingerprint density at radius 2 is 1.96 bits per heavy atom. The Morgan fingerprint density at radius 1 is 1.16 bits per heavy atom. The lowest BCUT2D eigenvalue weighted by Gasteiger charge is -2.16. The second-order valence-electron chi connectivity index (χ2n) is 6.41. The third-order valence-corrected chi connectivity index (χ3v) is 4.51. The molecule has 130 valence electrons. The van der Waals surface area contributed by atoms with Crippen molar-refractivity contribution < 1.29 is 9.59 Å². The van der Waals surface area contributed by atoms with Crippen LogP contribution in [0.4, 0.5) is 0 Å². The molecule has 3 rings (SSSR count). The minimum absolute atomic E-state index is 0.0530. The highest BCUT2D eigenvalue weighted by Gasteiger charge is 2.33. The average Bonchev–Trinajstić information content (AvgIpc) is 3.02. The van der Waals surface area contributed by atoms with Gasteiger partial charge in [0.2, 0.25) is 11.8 Å². The second kappa shape index (κ2) is 8.42. The average molecular weight is 337 g/mol. The van der Waals surface area contributed by atoms with Crippen molar-refractivity contribution in [3.63, 3.8) is 0 Å². The number of nitrogens with one attached hydrogen (secondary N) is 1. The van der Waals surface area contributed by atoms with Crippen LogP contribution in [-0.4, -0.2) is 34.8 Å². The zero-order valence-electron chi connectivity index (χ0n) is 14.2. The van der Waals surface area contributed by atoms with E-state index < -0.39 is 0 Å². The highest BCUT2D eigenvalue weighted by atomic mass is 16.2. The first-order chi connectivity index (χ1) is 12.2. The summed E-state index contributed by atoms with van der Waals surface area (Å²) >= 11 is 0. The van der Waals surface area contributed by atoms with Gasteiger partial charge in [-0.3, -0.25) is 14.6 Å². The van der Waals surface area contributed by atoms with Crippen LogP contribution in [-0.2, 0) is 22.6 Å². The standard InChI is InChI=1S/C20H23N3O2/c24-19-12-18(20(25)22-14-17-8-4-10-21-13-17)15-23(19)11-5-9-16-6-2-1-3-7-16/h1-4,6-8,10,13,18H,5,9,11-12,14-15H2,(H,22,25). The van der Waals surface area contributed by atoms with E-state index in [1.54, 1.807) is 12.4 Å². The van der Waals surface area contributed by atoms with Crippen molar-refractivity contribution >= 4 is 11.8 Å². The number of benzene rings is 1. The maximum atomic E-state index is 12.3. The number of pyridine rings is 1. The van der Waals surface area contributed by atoms with Gasteiger partial charge in [-0.1, -0.05) is 36.4 Å². The van der Waals surface area contributed by atoms with E-state index in [2.05, 4.69) is 22.4 Å². The number of hydrogen-bond donors (Lipinski definition) is 1. The quantitative estimate of drug-likeness (QED) is 0.842. The molecule has 2 heterocycles. The first kappa shape index (κ1) is 17.1. The van der Waals surface area contributed by atoms with Gasteiger partial charge in [0.25, 0.3) is 0 Å². The summed E-state index contributed by atoms with van der Waals surface area (Å²) < 4.78 is 0. The van der Waals surface area contributed by atoms with Gasteiger partial charge in [-0.2, -0.15) is 0 Å². The van der Waals surface area contributed by atoms with Gasteiger partial charge in [0.15, 0.2) is 0 Å². The Balaban J connectivity index is 1.42. The lowest BCUT2D eigenvalue weighted by molar-refractivity contribution is -0.129. The van der Waals surface area contributed by atoms with Crippen LogP contribution in [0.5, 0.6) is 0 Å². The third-order valence-electron chi connectivity index (χ3n) is 4.51. The highest BCUT2D eigenvalue weighted by Crippen LogP contribution is 2.19. The molecule has 0 radical (unpaired) electrons. The first-order valence-electron chi connectivity index (χ1n) is 8.70. The van der Waals surface area contributed by atoms with E-state index in [1.807, 2.05) is 35.2 Å². The van der Waals surface area contributed by atoms with Gasteiger partial charge >= 0.3 is 0 Å². The maximum absolute atomic E-state index is 12.3. The minimum Gasteiger partial charge on any atom is -0.352 e. The smallest absolute Gasteiger partial charge is 0.225 e. The second-order valence-corrected chi connectivity index (χ2v) is 6.41. The van der Waals surface area contributed by atoms with Crippen LogP contribution in [0.15, 0.2) is 54.9 Å². The molecule has 1 atom stereocenters. The number of aromatic nitrogens is 1. The molecule has 1 aliphatic rings. The largest absolute Gasteiger partial charge is 0.352 e. The molecule has 25 heavy (non-hydrogen) atoms. The van der Waals surface area contributed by atoms with Crippen LogP contribution in [0.25, 0.3) is 0 Å². The maximum Gasteiger partial charge on any atom is 0.225 e. The molecule has 1 unspecified atom stereocenters. The van der Waals surface area contributed by atoms with Crippen molar-refractivity contribution in [1.29, 1.82) is 0 Å². The molecular weight excluding hydrogens is 314 g/mol. The van der Waals surface area contributed by atoms with Crippen molar-refractivity contribution in [3.05, 3.63) is 66.0 Å². The van der Waals surface area contributed by atoms with Crippen molar-refractivity contribution in [2.75, 3.05) is 13.1 Å². The number of carbonyl (C=O) groups excluding carboxylic acids is 2. The number of amides is 2. The van der Waals surface area contributed by atoms with Gasteiger partial charge in [-0.25, -0.2) is 0 Å². The van der Waals surface area contributed by atoms with Gasteiger partial charge < -0.3 is 10.2 Å². The molecule has 1 saturated heterocycles. The highest BCUT2D eigenvalue weighted by molar-refractivity contribution is 5.89. The number of aryl methyl sites for hydroxylation is 1. The Hall–Kier alpha value is -2.69. The summed E-state index contributed by atoms with van der Waals surface area (Å²) in [6.45, 7) is 1.68. The molecular formula is C20H23N3O2. The summed E-state index contributed by atoms with van der Waals surface area (Å²) in [7, 11) is 0. The van der Waals surface area contributed by atoms with Gasteiger partial charge in [0.05, 0.1) is 5.92 Å². The van der Waals surface area contributed by atoms with Crippen molar-refractivity contribution in [2.45, 2.75) is 25.8 Å². The lowest BCUT2D eigenvalue weighted by Crippen LogP contribution is -2.33. The minimum atomic E-state index is -0.249. The molecule has 2 amide bonds. The Labute approximate surface area is 148 Å². The van der Waals surface area contributed by atoms with Crippen LogP contribution in [0.3, 0.4) is 0 Å². The predicted molar refractivity (Wildman–Crippen MR) is 95.5 cm³/mol. The van der Waals surface area contributed by atoms with E-state index in [0.29, 0.717) is 26.1 Å². The van der Waals surface area contributed by atoms with Crippen molar-refractivity contribution in [1.82, 2.24) is 15.2 Å². The number of hydrogen-bond acceptors (Lipinski definition) is 3.